The highest BCUT2D eigenvalue weighted by atomic mass is 16.5. The fourth-order valence-electron chi connectivity index (χ4n) is 1.95. The van der Waals surface area contributed by atoms with Crippen LogP contribution in [0.4, 0.5) is 0 Å². The molecule has 0 saturated heterocycles. The molecular formula is C26H42N2O2. The molecule has 0 fully saturated rings. The molecule has 0 atom stereocenters. The number of allylic oxidation sites excluding steroid dienone is 4. The van der Waals surface area contributed by atoms with Gasteiger partial charge in [0.2, 0.25) is 0 Å². The molecule has 0 unspecified atom stereocenters. The number of ether oxygens (including phenoxy) is 1. The molecule has 1 aromatic rings. The van der Waals surface area contributed by atoms with Crippen molar-refractivity contribution >= 4 is 12.5 Å². The Morgan fingerprint density at radius 2 is 1.63 bits per heavy atom. The van der Waals surface area contributed by atoms with Crippen LogP contribution >= 0.6 is 0 Å². The highest BCUT2D eigenvalue weighted by Crippen LogP contribution is 2.24. The minimum Gasteiger partial charge on any atom is -0.496 e. The lowest BCUT2D eigenvalue weighted by molar-refractivity contribution is -0.113. The van der Waals surface area contributed by atoms with Gasteiger partial charge in [-0.25, -0.2) is 0 Å². The molecule has 1 aromatic carbocycles. The van der Waals surface area contributed by atoms with Crippen molar-refractivity contribution in [1.82, 2.24) is 5.32 Å². The van der Waals surface area contributed by atoms with E-state index in [4.69, 9.17) is 4.74 Å². The first kappa shape index (κ1) is 32.0. The van der Waals surface area contributed by atoms with E-state index in [0.717, 1.165) is 5.75 Å². The number of carbonyl (C=O) groups is 1. The summed E-state index contributed by atoms with van der Waals surface area (Å²) in [4.78, 5) is 14.7. The van der Waals surface area contributed by atoms with Gasteiger partial charge in [-0.3, -0.25) is 9.79 Å². The fourth-order valence-corrected chi connectivity index (χ4v) is 1.95. The standard InChI is InChI=1S/C12H15NO.C10H14O.C2H7N.C2H6/c1-6-12(11(4)14)8-7-9(2)10(3)13-5;1-8(2)9-6-4-5-7-10(9)11-3;1-3-2;1-2/h6-8H,2-3,5H2,1,4H3;4-8H,1-3H3;3H,1-2H3;1-2H3/b8-7-,12-6+;;;. The first-order valence-corrected chi connectivity index (χ1v) is 10.1. The normalized spacial score (nSPS) is 9.87. The van der Waals surface area contributed by atoms with Crippen LogP contribution in [0.1, 0.15) is 53.0 Å². The summed E-state index contributed by atoms with van der Waals surface area (Å²) in [5.74, 6) is 1.54. The van der Waals surface area contributed by atoms with Gasteiger partial charge in [-0.2, -0.15) is 0 Å². The summed E-state index contributed by atoms with van der Waals surface area (Å²) in [6.45, 7) is 22.4. The molecule has 1 rings (SSSR count). The van der Waals surface area contributed by atoms with Gasteiger partial charge in [0.05, 0.1) is 12.8 Å². The van der Waals surface area contributed by atoms with Crippen LogP contribution in [-0.2, 0) is 4.79 Å². The number of carbonyl (C=O) groups excluding carboxylic acids is 1. The van der Waals surface area contributed by atoms with Gasteiger partial charge < -0.3 is 10.1 Å². The highest BCUT2D eigenvalue weighted by Gasteiger charge is 2.04. The number of aliphatic imine (C=N–C) groups is 1. The van der Waals surface area contributed by atoms with Gasteiger partial charge in [-0.05, 0) is 57.8 Å². The second kappa shape index (κ2) is 21.0. The first-order valence-electron chi connectivity index (χ1n) is 10.1. The Morgan fingerprint density at radius 1 is 1.13 bits per heavy atom. The molecule has 0 saturated carbocycles. The second-order valence-corrected chi connectivity index (χ2v) is 6.16. The third-order valence-electron chi connectivity index (χ3n) is 3.50. The van der Waals surface area contributed by atoms with E-state index < -0.39 is 0 Å². The molecule has 4 nitrogen and oxygen atoms in total. The van der Waals surface area contributed by atoms with Crippen molar-refractivity contribution in [1.29, 1.82) is 0 Å². The number of ketones is 1. The summed E-state index contributed by atoms with van der Waals surface area (Å²) >= 11 is 0. The van der Waals surface area contributed by atoms with E-state index in [2.05, 4.69) is 50.1 Å². The quantitative estimate of drug-likeness (QED) is 0.313. The van der Waals surface area contributed by atoms with Gasteiger partial charge in [0, 0.05) is 5.57 Å². The number of hydrogen-bond acceptors (Lipinski definition) is 4. The van der Waals surface area contributed by atoms with E-state index in [9.17, 15) is 4.79 Å². The van der Waals surface area contributed by atoms with Gasteiger partial charge >= 0.3 is 0 Å². The maximum atomic E-state index is 11.0. The summed E-state index contributed by atoms with van der Waals surface area (Å²) in [6.07, 6.45) is 5.14. The maximum absolute atomic E-state index is 11.0. The second-order valence-electron chi connectivity index (χ2n) is 6.16. The number of methoxy groups -OCH3 is 1. The van der Waals surface area contributed by atoms with E-state index in [-0.39, 0.29) is 5.78 Å². The third kappa shape index (κ3) is 15.2. The lowest BCUT2D eigenvalue weighted by Gasteiger charge is -2.10. The summed E-state index contributed by atoms with van der Waals surface area (Å²) < 4.78 is 5.21. The number of nitrogens with zero attached hydrogens (tertiary/aromatic N) is 1. The zero-order chi connectivity index (χ0) is 24.1. The molecule has 1 N–H and O–H groups in total. The highest BCUT2D eigenvalue weighted by molar-refractivity contribution is 5.96. The van der Waals surface area contributed by atoms with Crippen LogP contribution in [0, 0.1) is 0 Å². The average Bonchev–Trinajstić information content (AvgIpc) is 2.75. The predicted octanol–water partition coefficient (Wildman–Crippen LogP) is 6.53. The first-order chi connectivity index (χ1) is 14.2. The summed E-state index contributed by atoms with van der Waals surface area (Å²) in [6, 6.07) is 8.13. The van der Waals surface area contributed by atoms with Crippen LogP contribution in [-0.4, -0.2) is 33.7 Å². The summed E-state index contributed by atoms with van der Waals surface area (Å²) in [5.41, 5.74) is 3.08. The third-order valence-corrected chi connectivity index (χ3v) is 3.50. The number of hydrogen-bond donors (Lipinski definition) is 1. The largest absolute Gasteiger partial charge is 0.496 e. The van der Waals surface area contributed by atoms with Crippen molar-refractivity contribution in [2.45, 2.75) is 47.5 Å². The predicted molar refractivity (Wildman–Crippen MR) is 135 cm³/mol. The van der Waals surface area contributed by atoms with E-state index in [1.807, 2.05) is 53.1 Å². The SMILES string of the molecule is C=NC(=C)C(=C)/C=C\C(=C/C)C(C)=O.CC.CNC.COc1ccccc1C(C)C. The minimum atomic E-state index is 0.0220. The van der Waals surface area contributed by atoms with Gasteiger partial charge in [0.15, 0.2) is 5.78 Å². The Bertz CT molecular complexity index is 699. The Hall–Kier alpha value is -2.72. The van der Waals surface area contributed by atoms with Crippen LogP contribution in [0.15, 0.2) is 77.5 Å². The zero-order valence-electron chi connectivity index (χ0n) is 20.5. The van der Waals surface area contributed by atoms with Gasteiger partial charge in [0.25, 0.3) is 0 Å². The molecule has 0 aliphatic carbocycles. The van der Waals surface area contributed by atoms with Crippen molar-refractivity contribution in [2.24, 2.45) is 4.99 Å². The molecule has 30 heavy (non-hydrogen) atoms. The lowest BCUT2D eigenvalue weighted by Crippen LogP contribution is -1.92. The Morgan fingerprint density at radius 3 is 1.97 bits per heavy atom. The zero-order valence-corrected chi connectivity index (χ0v) is 20.5. The van der Waals surface area contributed by atoms with Crippen molar-refractivity contribution in [3.8, 4) is 5.75 Å². The van der Waals surface area contributed by atoms with E-state index in [1.54, 1.807) is 25.3 Å². The molecular weight excluding hydrogens is 372 g/mol. The molecule has 0 spiro atoms. The van der Waals surface area contributed by atoms with Gasteiger partial charge in [0.1, 0.15) is 5.75 Å². The number of rotatable bonds is 7. The van der Waals surface area contributed by atoms with Crippen molar-refractivity contribution in [3.05, 3.63) is 78.1 Å². The van der Waals surface area contributed by atoms with E-state index >= 15 is 0 Å². The Balaban J connectivity index is -0.000000405. The van der Waals surface area contributed by atoms with Gasteiger partial charge in [-0.1, -0.05) is 77.3 Å². The molecule has 0 amide bonds. The van der Waals surface area contributed by atoms with Crippen LogP contribution in [0.2, 0.25) is 0 Å². The van der Waals surface area contributed by atoms with Crippen molar-refractivity contribution in [2.75, 3.05) is 21.2 Å². The van der Waals surface area contributed by atoms with Crippen LogP contribution in [0.5, 0.6) is 5.75 Å². The Kier molecular flexibility index (Phi) is 22.4. The molecule has 0 heterocycles. The molecule has 0 aliphatic heterocycles. The van der Waals surface area contributed by atoms with Crippen molar-refractivity contribution in [3.63, 3.8) is 0 Å². The molecule has 0 aliphatic rings. The summed E-state index contributed by atoms with van der Waals surface area (Å²) in [7, 11) is 5.46. The number of nitrogens with one attached hydrogen (secondary N) is 1. The van der Waals surface area contributed by atoms with E-state index in [0.29, 0.717) is 22.8 Å². The number of para-hydroxylation sites is 1. The smallest absolute Gasteiger partial charge is 0.159 e. The maximum Gasteiger partial charge on any atom is 0.159 e. The van der Waals surface area contributed by atoms with Crippen LogP contribution < -0.4 is 10.1 Å². The number of Topliss-reactive ketones (excluding diaryl/α,β-unsaturated/α-hetero) is 1. The van der Waals surface area contributed by atoms with Crippen molar-refractivity contribution < 1.29 is 9.53 Å². The fraction of sp³-hybridized carbons (Fsp3) is 0.385. The molecule has 4 heteroatoms. The lowest BCUT2D eigenvalue weighted by atomic mass is 10.0. The molecule has 168 valence electrons. The number of benzene rings is 1. The average molecular weight is 415 g/mol. The van der Waals surface area contributed by atoms with Crippen LogP contribution in [0.25, 0.3) is 0 Å². The summed E-state index contributed by atoms with van der Waals surface area (Å²) in [5, 5.41) is 2.75. The monoisotopic (exact) mass is 414 g/mol. The molecule has 0 bridgehead atoms. The van der Waals surface area contributed by atoms with Gasteiger partial charge in [-0.15, -0.1) is 0 Å². The van der Waals surface area contributed by atoms with Crippen LogP contribution in [0.3, 0.4) is 0 Å². The van der Waals surface area contributed by atoms with E-state index in [1.165, 1.54) is 12.5 Å². The Labute approximate surface area is 185 Å². The topological polar surface area (TPSA) is 50.7 Å². The molecule has 0 radical (unpaired) electrons. The minimum absolute atomic E-state index is 0.0220. The molecule has 0 aromatic heterocycles.